The Morgan fingerprint density at radius 2 is 1.20 bits per heavy atom. The molecule has 5 heteroatoms. The summed E-state index contributed by atoms with van der Waals surface area (Å²) in [5, 5.41) is 0. The molecule has 0 aromatic heterocycles. The van der Waals surface area contributed by atoms with Gasteiger partial charge in [0.2, 0.25) is 0 Å². The molecule has 0 spiro atoms. The highest BCUT2D eigenvalue weighted by molar-refractivity contribution is 7.53. The minimum absolute atomic E-state index is 0.347. The standard InChI is InChI=1S/C25H52NO3P/c1-6-8-9-10-11-12-13-14-15-16-17-18-19-20-21-22-23-24-29-30(27,28)25(7-2)26(3,4)5/h10-11,25H,6-9,12-24H2,1-5H3/p+1/b11-10-. The molecule has 2 atom stereocenters. The average Bonchev–Trinajstić information content (AvgIpc) is 2.66. The number of hydrogen-bond acceptors (Lipinski definition) is 2. The maximum Gasteiger partial charge on any atom is 0.385 e. The van der Waals surface area contributed by atoms with Gasteiger partial charge >= 0.3 is 7.60 Å². The molecular weight excluding hydrogens is 393 g/mol. The summed E-state index contributed by atoms with van der Waals surface area (Å²) < 4.78 is 18.4. The molecule has 30 heavy (non-hydrogen) atoms. The third-order valence-electron chi connectivity index (χ3n) is 5.82. The number of hydrogen-bond donors (Lipinski definition) is 1. The number of nitrogens with zero attached hydrogens (tertiary/aromatic N) is 1. The fraction of sp³-hybridized carbons (Fsp3) is 0.920. The molecule has 0 saturated carbocycles. The van der Waals surface area contributed by atoms with Crippen molar-refractivity contribution < 1.29 is 18.5 Å². The molecule has 2 unspecified atom stereocenters. The Bertz CT molecular complexity index is 460. The van der Waals surface area contributed by atoms with Gasteiger partial charge < -0.3 is 13.9 Å². The van der Waals surface area contributed by atoms with Gasteiger partial charge in [0.1, 0.15) is 0 Å². The van der Waals surface area contributed by atoms with Crippen LogP contribution in [0.3, 0.4) is 0 Å². The van der Waals surface area contributed by atoms with E-state index in [1.807, 2.05) is 28.1 Å². The van der Waals surface area contributed by atoms with Gasteiger partial charge in [-0.2, -0.15) is 0 Å². The lowest BCUT2D eigenvalue weighted by molar-refractivity contribution is -0.883. The smallest absolute Gasteiger partial charge is 0.320 e. The third kappa shape index (κ3) is 16.5. The number of rotatable bonds is 21. The minimum atomic E-state index is -3.55. The lowest BCUT2D eigenvalue weighted by atomic mass is 10.1. The van der Waals surface area contributed by atoms with Crippen molar-refractivity contribution in [2.24, 2.45) is 0 Å². The molecule has 0 aliphatic heterocycles. The summed E-state index contributed by atoms with van der Waals surface area (Å²) in [7, 11) is 2.31. The first-order chi connectivity index (χ1) is 14.3. The molecule has 0 amide bonds. The number of allylic oxidation sites excluding steroid dienone is 2. The van der Waals surface area contributed by atoms with Gasteiger partial charge in [-0.1, -0.05) is 96.6 Å². The van der Waals surface area contributed by atoms with Crippen LogP contribution in [-0.2, 0) is 9.09 Å². The van der Waals surface area contributed by atoms with Gasteiger partial charge in [0.05, 0.1) is 27.7 Å². The van der Waals surface area contributed by atoms with E-state index in [0.29, 0.717) is 17.5 Å². The van der Waals surface area contributed by atoms with Crippen LogP contribution in [0.15, 0.2) is 12.2 Å². The van der Waals surface area contributed by atoms with Crippen LogP contribution in [0.25, 0.3) is 0 Å². The number of quaternary nitrogens is 1. The Balaban J connectivity index is 3.47. The van der Waals surface area contributed by atoms with Gasteiger partial charge in [0, 0.05) is 6.42 Å². The lowest BCUT2D eigenvalue weighted by Crippen LogP contribution is -2.44. The van der Waals surface area contributed by atoms with Gasteiger partial charge in [-0.05, 0) is 25.7 Å². The van der Waals surface area contributed by atoms with Crippen LogP contribution in [-0.4, -0.2) is 42.9 Å². The van der Waals surface area contributed by atoms with E-state index in [0.717, 1.165) is 12.8 Å². The second-order valence-electron chi connectivity index (χ2n) is 9.69. The second kappa shape index (κ2) is 18.4. The first kappa shape index (κ1) is 29.9. The van der Waals surface area contributed by atoms with Crippen LogP contribution in [0, 0.1) is 0 Å². The van der Waals surface area contributed by atoms with Crippen LogP contribution in [0.2, 0.25) is 0 Å². The fourth-order valence-electron chi connectivity index (χ4n) is 4.01. The second-order valence-corrected chi connectivity index (χ2v) is 11.7. The van der Waals surface area contributed by atoms with E-state index in [4.69, 9.17) is 4.52 Å². The summed E-state index contributed by atoms with van der Waals surface area (Å²) in [6.07, 6.45) is 24.5. The van der Waals surface area contributed by atoms with Crippen molar-refractivity contribution in [3.63, 3.8) is 0 Å². The quantitative estimate of drug-likeness (QED) is 0.0839. The third-order valence-corrected chi connectivity index (χ3v) is 8.18. The Labute approximate surface area is 188 Å². The summed E-state index contributed by atoms with van der Waals surface area (Å²) in [5.41, 5.74) is 0. The Morgan fingerprint density at radius 1 is 0.767 bits per heavy atom. The molecule has 0 aromatic rings. The Hall–Kier alpha value is -0.150. The summed E-state index contributed by atoms with van der Waals surface area (Å²) in [5.74, 6) is -0.347. The van der Waals surface area contributed by atoms with Gasteiger partial charge in [-0.25, -0.2) is 0 Å². The molecule has 0 aliphatic rings. The van der Waals surface area contributed by atoms with Gasteiger partial charge in [-0.3, -0.25) is 4.57 Å². The van der Waals surface area contributed by atoms with E-state index in [1.54, 1.807) is 0 Å². The van der Waals surface area contributed by atoms with Crippen molar-refractivity contribution in [2.75, 3.05) is 27.7 Å². The molecule has 1 N–H and O–H groups in total. The SMILES string of the molecule is CCCC/C=C\CCCCCCCCCCCCCOP(=O)(O)C(CC)[N+](C)(C)C. The molecule has 0 bridgehead atoms. The topological polar surface area (TPSA) is 46.5 Å². The molecule has 0 aliphatic carbocycles. The van der Waals surface area contributed by atoms with Crippen molar-refractivity contribution in [1.82, 2.24) is 0 Å². The van der Waals surface area contributed by atoms with E-state index < -0.39 is 7.60 Å². The molecule has 0 saturated heterocycles. The molecule has 0 fully saturated rings. The van der Waals surface area contributed by atoms with Crippen molar-refractivity contribution >= 4 is 7.60 Å². The van der Waals surface area contributed by atoms with Crippen molar-refractivity contribution in [1.29, 1.82) is 0 Å². The first-order valence-corrected chi connectivity index (χ1v) is 14.3. The van der Waals surface area contributed by atoms with Gasteiger partial charge in [0.25, 0.3) is 0 Å². The normalized spacial score (nSPS) is 15.5. The monoisotopic (exact) mass is 446 g/mol. The summed E-state index contributed by atoms with van der Waals surface area (Å²) >= 11 is 0. The summed E-state index contributed by atoms with van der Waals surface area (Å²) in [4.78, 5) is 10.3. The van der Waals surface area contributed by atoms with E-state index in [-0.39, 0.29) is 5.78 Å². The number of unbranched alkanes of at least 4 members (excludes halogenated alkanes) is 13. The van der Waals surface area contributed by atoms with Crippen molar-refractivity contribution in [3.8, 4) is 0 Å². The van der Waals surface area contributed by atoms with Crippen LogP contribution >= 0.6 is 7.60 Å². The van der Waals surface area contributed by atoms with E-state index in [2.05, 4.69) is 19.1 Å². The molecule has 180 valence electrons. The summed E-state index contributed by atoms with van der Waals surface area (Å²) in [6.45, 7) is 4.60. The molecule has 4 nitrogen and oxygen atoms in total. The van der Waals surface area contributed by atoms with E-state index in [1.165, 1.54) is 83.5 Å². The van der Waals surface area contributed by atoms with Crippen LogP contribution in [0.1, 0.15) is 117 Å². The summed E-state index contributed by atoms with van der Waals surface area (Å²) in [6, 6.07) is 0. The van der Waals surface area contributed by atoms with E-state index in [9.17, 15) is 9.46 Å². The zero-order chi connectivity index (χ0) is 22.7. The molecule has 0 radical (unpaired) electrons. The maximum absolute atomic E-state index is 12.5. The largest absolute Gasteiger partial charge is 0.385 e. The van der Waals surface area contributed by atoms with Crippen molar-refractivity contribution in [3.05, 3.63) is 12.2 Å². The Kier molecular flexibility index (Phi) is 18.3. The maximum atomic E-state index is 12.5. The highest BCUT2D eigenvalue weighted by Gasteiger charge is 2.41. The first-order valence-electron chi connectivity index (χ1n) is 12.7. The van der Waals surface area contributed by atoms with Gasteiger partial charge in [-0.15, -0.1) is 0 Å². The van der Waals surface area contributed by atoms with Crippen LogP contribution in [0.5, 0.6) is 0 Å². The predicted octanol–water partition coefficient (Wildman–Crippen LogP) is 8.06. The zero-order valence-electron chi connectivity index (χ0n) is 20.9. The van der Waals surface area contributed by atoms with E-state index >= 15 is 0 Å². The zero-order valence-corrected chi connectivity index (χ0v) is 21.8. The van der Waals surface area contributed by atoms with Crippen LogP contribution in [0.4, 0.5) is 0 Å². The lowest BCUT2D eigenvalue weighted by Gasteiger charge is -2.35. The Morgan fingerprint density at radius 3 is 1.63 bits per heavy atom. The molecule has 0 aromatic carbocycles. The highest BCUT2D eigenvalue weighted by Crippen LogP contribution is 2.51. The molecule has 0 heterocycles. The minimum Gasteiger partial charge on any atom is -0.320 e. The average molecular weight is 447 g/mol. The van der Waals surface area contributed by atoms with Crippen LogP contribution < -0.4 is 0 Å². The van der Waals surface area contributed by atoms with Gasteiger partial charge in [0.15, 0.2) is 5.78 Å². The fourth-order valence-corrected chi connectivity index (χ4v) is 5.91. The molecule has 0 rings (SSSR count). The predicted molar refractivity (Wildman–Crippen MR) is 132 cm³/mol. The highest BCUT2D eigenvalue weighted by atomic mass is 31.2. The molecular formula is C25H53NO3P+. The van der Waals surface area contributed by atoms with Crippen molar-refractivity contribution in [2.45, 2.75) is 122 Å².